The molecule has 1 heterocycles. The second-order valence-corrected chi connectivity index (χ2v) is 3.82. The van der Waals surface area contributed by atoms with Crippen molar-refractivity contribution in [1.82, 2.24) is 10.4 Å². The fourth-order valence-electron chi connectivity index (χ4n) is 1.39. The summed E-state index contributed by atoms with van der Waals surface area (Å²) < 4.78 is 0. The zero-order valence-corrected chi connectivity index (χ0v) is 10.2. The molecule has 0 saturated heterocycles. The first-order valence-electron chi connectivity index (χ1n) is 6.07. The van der Waals surface area contributed by atoms with Gasteiger partial charge in [0.2, 0.25) is 0 Å². The van der Waals surface area contributed by atoms with Gasteiger partial charge in [0.15, 0.2) is 0 Å². The lowest BCUT2D eigenvalue weighted by atomic mass is 10.2. The summed E-state index contributed by atoms with van der Waals surface area (Å²) in [5, 5.41) is 3.88. The molecule has 0 aliphatic rings. The van der Waals surface area contributed by atoms with Gasteiger partial charge in [0.1, 0.15) is 5.69 Å². The highest BCUT2D eigenvalue weighted by molar-refractivity contribution is 5.92. The van der Waals surface area contributed by atoms with Crippen LogP contribution in [0.1, 0.15) is 49.5 Å². The maximum absolute atomic E-state index is 11.5. The van der Waals surface area contributed by atoms with E-state index in [-0.39, 0.29) is 5.91 Å². The minimum Gasteiger partial charge on any atom is -0.266 e. The number of hydrogen-bond acceptors (Lipinski definition) is 3. The molecule has 0 radical (unpaired) electrons. The van der Waals surface area contributed by atoms with Crippen LogP contribution < -0.4 is 5.43 Å². The number of hydrazone groups is 1. The average Bonchev–Trinajstić information content (AvgIpc) is 2.38. The molecule has 0 atom stereocenters. The van der Waals surface area contributed by atoms with Gasteiger partial charge in [-0.3, -0.25) is 9.78 Å². The summed E-state index contributed by atoms with van der Waals surface area (Å²) >= 11 is 0. The Morgan fingerprint density at radius 1 is 1.41 bits per heavy atom. The fraction of sp³-hybridized carbons (Fsp3) is 0.462. The number of nitrogens with one attached hydrogen (secondary N) is 1. The molecule has 0 spiro atoms. The number of hydrogen-bond donors (Lipinski definition) is 1. The molecular weight excluding hydrogens is 214 g/mol. The molecule has 92 valence electrons. The Hall–Kier alpha value is -1.71. The Balaban J connectivity index is 2.18. The van der Waals surface area contributed by atoms with Crippen molar-refractivity contribution in [1.29, 1.82) is 0 Å². The number of carbonyl (C=O) groups is 1. The third-order valence-electron chi connectivity index (χ3n) is 2.34. The summed E-state index contributed by atoms with van der Waals surface area (Å²) in [6.07, 6.45) is 9.07. The van der Waals surface area contributed by atoms with Crippen molar-refractivity contribution in [2.45, 2.75) is 39.0 Å². The summed E-state index contributed by atoms with van der Waals surface area (Å²) in [5.74, 6) is -0.268. The Kier molecular flexibility index (Phi) is 6.63. The highest BCUT2D eigenvalue weighted by Crippen LogP contribution is 2.00. The van der Waals surface area contributed by atoms with Gasteiger partial charge >= 0.3 is 0 Å². The van der Waals surface area contributed by atoms with Gasteiger partial charge in [0, 0.05) is 12.4 Å². The highest BCUT2D eigenvalue weighted by atomic mass is 16.2. The average molecular weight is 233 g/mol. The minimum atomic E-state index is -0.268. The quantitative estimate of drug-likeness (QED) is 0.447. The van der Waals surface area contributed by atoms with Gasteiger partial charge in [-0.05, 0) is 25.0 Å². The zero-order chi connectivity index (χ0) is 12.3. The van der Waals surface area contributed by atoms with E-state index in [1.165, 1.54) is 19.3 Å². The van der Waals surface area contributed by atoms with Crippen molar-refractivity contribution in [2.24, 2.45) is 5.10 Å². The summed E-state index contributed by atoms with van der Waals surface area (Å²) in [6.45, 7) is 2.18. The number of pyridine rings is 1. The number of unbranched alkanes of at least 4 members (excludes halogenated alkanes) is 4. The van der Waals surface area contributed by atoms with E-state index >= 15 is 0 Å². The summed E-state index contributed by atoms with van der Waals surface area (Å²) in [7, 11) is 0. The van der Waals surface area contributed by atoms with Crippen LogP contribution in [-0.4, -0.2) is 17.1 Å². The number of amides is 1. The molecule has 0 saturated carbocycles. The van der Waals surface area contributed by atoms with Crippen LogP contribution in [0.5, 0.6) is 0 Å². The van der Waals surface area contributed by atoms with Crippen LogP contribution in [0.15, 0.2) is 29.5 Å². The molecule has 0 bridgehead atoms. The largest absolute Gasteiger partial charge is 0.289 e. The van der Waals surface area contributed by atoms with Crippen LogP contribution >= 0.6 is 0 Å². The Labute approximate surface area is 102 Å². The predicted molar refractivity (Wildman–Crippen MR) is 69.0 cm³/mol. The van der Waals surface area contributed by atoms with Crippen molar-refractivity contribution in [3.05, 3.63) is 30.1 Å². The van der Waals surface area contributed by atoms with Crippen LogP contribution in [0.25, 0.3) is 0 Å². The third-order valence-corrected chi connectivity index (χ3v) is 2.34. The SMILES string of the molecule is CCCCCC/C=N/NC(=O)c1ccccn1. The molecule has 4 heteroatoms. The Morgan fingerprint density at radius 2 is 2.29 bits per heavy atom. The van der Waals surface area contributed by atoms with E-state index < -0.39 is 0 Å². The summed E-state index contributed by atoms with van der Waals surface area (Å²) in [4.78, 5) is 15.4. The number of rotatable bonds is 7. The first-order valence-corrected chi connectivity index (χ1v) is 6.07. The number of aromatic nitrogens is 1. The van der Waals surface area contributed by atoms with E-state index in [9.17, 15) is 4.79 Å². The maximum atomic E-state index is 11.5. The van der Waals surface area contributed by atoms with E-state index in [4.69, 9.17) is 0 Å². The lowest BCUT2D eigenvalue weighted by molar-refractivity contribution is 0.0950. The molecular formula is C13H19N3O. The molecule has 0 unspecified atom stereocenters. The van der Waals surface area contributed by atoms with Gasteiger partial charge in [-0.15, -0.1) is 0 Å². The van der Waals surface area contributed by atoms with Gasteiger partial charge in [0.25, 0.3) is 5.91 Å². The third kappa shape index (κ3) is 5.80. The lowest BCUT2D eigenvalue weighted by Gasteiger charge is -1.98. The van der Waals surface area contributed by atoms with E-state index in [0.717, 1.165) is 12.8 Å². The van der Waals surface area contributed by atoms with E-state index in [1.807, 2.05) is 0 Å². The van der Waals surface area contributed by atoms with Crippen molar-refractivity contribution in [2.75, 3.05) is 0 Å². The van der Waals surface area contributed by atoms with Crippen LogP contribution in [-0.2, 0) is 0 Å². The predicted octanol–water partition coefficient (Wildman–Crippen LogP) is 2.77. The summed E-state index contributed by atoms with van der Waals surface area (Å²) in [6, 6.07) is 5.20. The van der Waals surface area contributed by atoms with Gasteiger partial charge in [-0.25, -0.2) is 5.43 Å². The van der Waals surface area contributed by atoms with Crippen LogP contribution in [0.3, 0.4) is 0 Å². The zero-order valence-electron chi connectivity index (χ0n) is 10.2. The molecule has 0 aliphatic heterocycles. The molecule has 0 aromatic carbocycles. The molecule has 1 N–H and O–H groups in total. The van der Waals surface area contributed by atoms with Gasteiger partial charge < -0.3 is 0 Å². The maximum Gasteiger partial charge on any atom is 0.289 e. The van der Waals surface area contributed by atoms with Gasteiger partial charge in [0.05, 0.1) is 0 Å². The van der Waals surface area contributed by atoms with Crippen molar-refractivity contribution >= 4 is 12.1 Å². The Bertz CT molecular complexity index is 349. The van der Waals surface area contributed by atoms with E-state index in [2.05, 4.69) is 22.4 Å². The molecule has 17 heavy (non-hydrogen) atoms. The van der Waals surface area contributed by atoms with E-state index in [0.29, 0.717) is 5.69 Å². The number of nitrogens with zero attached hydrogens (tertiary/aromatic N) is 2. The second kappa shape index (κ2) is 8.44. The first-order chi connectivity index (χ1) is 8.34. The van der Waals surface area contributed by atoms with Crippen molar-refractivity contribution < 1.29 is 4.79 Å². The van der Waals surface area contributed by atoms with Gasteiger partial charge in [-0.1, -0.05) is 32.3 Å². The monoisotopic (exact) mass is 233 g/mol. The topological polar surface area (TPSA) is 54.4 Å². The van der Waals surface area contributed by atoms with Crippen LogP contribution in [0.4, 0.5) is 0 Å². The molecule has 1 amide bonds. The smallest absolute Gasteiger partial charge is 0.266 e. The van der Waals surface area contributed by atoms with Crippen molar-refractivity contribution in [3.8, 4) is 0 Å². The molecule has 1 aromatic heterocycles. The Morgan fingerprint density at radius 3 is 3.00 bits per heavy atom. The lowest BCUT2D eigenvalue weighted by Crippen LogP contribution is -2.18. The molecule has 0 fully saturated rings. The van der Waals surface area contributed by atoms with Gasteiger partial charge in [-0.2, -0.15) is 5.10 Å². The molecule has 1 aromatic rings. The normalized spacial score (nSPS) is 10.6. The second-order valence-electron chi connectivity index (χ2n) is 3.82. The van der Waals surface area contributed by atoms with Crippen LogP contribution in [0, 0.1) is 0 Å². The fourth-order valence-corrected chi connectivity index (χ4v) is 1.39. The minimum absolute atomic E-state index is 0.268. The molecule has 1 rings (SSSR count). The molecule has 4 nitrogen and oxygen atoms in total. The van der Waals surface area contributed by atoms with E-state index in [1.54, 1.807) is 30.6 Å². The van der Waals surface area contributed by atoms with Crippen LogP contribution in [0.2, 0.25) is 0 Å². The standard InChI is InChI=1S/C13H19N3O/c1-2-3-4-5-7-11-15-16-13(17)12-9-6-8-10-14-12/h6,8-11H,2-5,7H2,1H3,(H,16,17)/b15-11+. The first kappa shape index (κ1) is 13.4. The summed E-state index contributed by atoms with van der Waals surface area (Å²) in [5.41, 5.74) is 2.84. The van der Waals surface area contributed by atoms with Crippen molar-refractivity contribution in [3.63, 3.8) is 0 Å². The number of carbonyl (C=O) groups excluding carboxylic acids is 1. The highest BCUT2D eigenvalue weighted by Gasteiger charge is 2.02. The molecule has 0 aliphatic carbocycles.